The van der Waals surface area contributed by atoms with Crippen molar-refractivity contribution in [3.8, 4) is 0 Å². The van der Waals surface area contributed by atoms with Crippen LogP contribution in [0.3, 0.4) is 0 Å². The Kier molecular flexibility index (Phi) is 10.5. The molecule has 3 fully saturated rings. The Morgan fingerprint density at radius 1 is 1.10 bits per heavy atom. The van der Waals surface area contributed by atoms with Crippen LogP contribution < -0.4 is 0 Å². The molecule has 5 rings (SSSR count). The van der Waals surface area contributed by atoms with Crippen molar-refractivity contribution in [2.24, 2.45) is 16.7 Å². The molecule has 51 heavy (non-hydrogen) atoms. The third-order valence-corrected chi connectivity index (χ3v) is 18.1. The molecular formula is C39H59ClO10Si. The second-order valence-corrected chi connectivity index (χ2v) is 23.1. The van der Waals surface area contributed by atoms with E-state index < -0.39 is 96.5 Å². The first kappa shape index (κ1) is 40.5. The number of rotatable bonds is 8. The minimum absolute atomic E-state index is 0.0157. The molecule has 286 valence electrons. The van der Waals surface area contributed by atoms with Gasteiger partial charge in [0.15, 0.2) is 32.3 Å². The summed E-state index contributed by atoms with van der Waals surface area (Å²) in [6.07, 6.45) is -4.58. The molecular weight excluding hydrogens is 692 g/mol. The number of ketones is 1. The van der Waals surface area contributed by atoms with Gasteiger partial charge in [-0.2, -0.15) is 0 Å². The van der Waals surface area contributed by atoms with Gasteiger partial charge in [0.1, 0.15) is 11.2 Å². The molecule has 0 aromatic heterocycles. The van der Waals surface area contributed by atoms with E-state index in [4.69, 9.17) is 39.7 Å². The lowest BCUT2D eigenvalue weighted by molar-refractivity contribution is -0.288. The average molecular weight is 751 g/mol. The quantitative estimate of drug-likeness (QED) is 0.0984. The normalized spacial score (nSPS) is 38.4. The maximum Gasteiger partial charge on any atom is 0.303 e. The topological polar surface area (TPSA) is 130 Å². The summed E-state index contributed by atoms with van der Waals surface area (Å²) < 4.78 is 40.0. The van der Waals surface area contributed by atoms with Crippen LogP contribution in [0.2, 0.25) is 18.1 Å². The summed E-state index contributed by atoms with van der Waals surface area (Å²) in [5, 5.41) is 22.7. The van der Waals surface area contributed by atoms with Gasteiger partial charge in [-0.1, -0.05) is 65.0 Å². The zero-order chi connectivity index (χ0) is 38.3. The predicted molar refractivity (Wildman–Crippen MR) is 195 cm³/mol. The lowest BCUT2D eigenvalue weighted by atomic mass is 9.45. The van der Waals surface area contributed by atoms with Crippen molar-refractivity contribution in [3.63, 3.8) is 0 Å². The van der Waals surface area contributed by atoms with Crippen LogP contribution in [0, 0.1) is 16.7 Å². The van der Waals surface area contributed by atoms with Gasteiger partial charge >= 0.3 is 5.97 Å². The van der Waals surface area contributed by atoms with E-state index in [2.05, 4.69) is 33.9 Å². The molecule has 1 aliphatic heterocycles. The standard InChI is InChI=1S/C39H59ClO10Si/c1-22-25(50-51(12,13)34(3,4)5)20-39-32(47-33(49-39)24-17-15-14-16-18-24)30-37(10,31(43)29(46-23(2)42)28(22)35(39,6)7)27(48-36(8,9)45-11)19-26(40)38(30,44)21-41/h14-18,25-27,29-30,32-33,41,44H,19-21H2,1-13H3/t25-,26-,27-,29+,30-,32-,33?,37+,38-,39+/m0/s1. The molecule has 2 N–H and O–H groups in total. The fraction of sp³-hybridized carbons (Fsp3) is 0.744. The van der Waals surface area contributed by atoms with Crippen molar-refractivity contribution in [2.75, 3.05) is 13.7 Å². The highest BCUT2D eigenvalue weighted by atomic mass is 35.5. The number of alkyl halides is 1. The number of ether oxygens (including phenoxy) is 5. The van der Waals surface area contributed by atoms with E-state index in [1.807, 2.05) is 51.1 Å². The summed E-state index contributed by atoms with van der Waals surface area (Å²) in [5.74, 6) is -3.53. The van der Waals surface area contributed by atoms with Crippen LogP contribution in [0.1, 0.15) is 93.9 Å². The van der Waals surface area contributed by atoms with E-state index in [1.165, 1.54) is 14.0 Å². The van der Waals surface area contributed by atoms with Gasteiger partial charge in [-0.15, -0.1) is 11.6 Å². The van der Waals surface area contributed by atoms with E-state index in [9.17, 15) is 15.0 Å². The Hall–Kier alpha value is -1.67. The first-order chi connectivity index (χ1) is 23.3. The van der Waals surface area contributed by atoms with Crippen molar-refractivity contribution in [3.05, 3.63) is 47.0 Å². The number of methoxy groups -OCH3 is 1. The SMILES string of the molecule is COC(C)(C)O[C@H]1C[C@H](Cl)[C@@](O)(CO)[C@H]2[C@@H]3OC(c4ccccc4)O[C@]34C[C@H](O[Si](C)(C)C(C)(C)C)C(C)=C([C@@H](OC(C)=O)C(=O)[C@]12C)C4(C)C. The van der Waals surface area contributed by atoms with E-state index in [0.29, 0.717) is 12.0 Å². The molecule has 2 saturated carbocycles. The molecule has 10 atom stereocenters. The number of carbonyl (C=O) groups excluding carboxylic acids is 2. The molecule has 1 saturated heterocycles. The number of esters is 1. The molecule has 0 amide bonds. The van der Waals surface area contributed by atoms with Crippen molar-refractivity contribution >= 4 is 31.7 Å². The van der Waals surface area contributed by atoms with E-state index in [1.54, 1.807) is 20.8 Å². The summed E-state index contributed by atoms with van der Waals surface area (Å²) in [6.45, 7) is 22.4. The summed E-state index contributed by atoms with van der Waals surface area (Å²) in [4.78, 5) is 28.8. The predicted octanol–water partition coefficient (Wildman–Crippen LogP) is 6.62. The van der Waals surface area contributed by atoms with Crippen LogP contribution in [0.5, 0.6) is 0 Å². The van der Waals surface area contributed by atoms with Crippen molar-refractivity contribution in [1.82, 2.24) is 0 Å². The maximum absolute atomic E-state index is 15.7. The first-order valence-corrected chi connectivity index (χ1v) is 21.4. The number of hydrogen-bond donors (Lipinski definition) is 2. The smallest absolute Gasteiger partial charge is 0.303 e. The molecule has 12 heteroatoms. The third kappa shape index (κ3) is 6.30. The zero-order valence-corrected chi connectivity index (χ0v) is 34.3. The minimum atomic E-state index is -2.46. The van der Waals surface area contributed by atoms with Crippen molar-refractivity contribution in [1.29, 1.82) is 0 Å². The number of benzene rings is 1. The minimum Gasteiger partial charge on any atom is -0.450 e. The molecule has 1 aromatic carbocycles. The molecule has 10 nitrogen and oxygen atoms in total. The molecule has 1 aromatic rings. The Balaban J connectivity index is 1.90. The molecule has 1 spiro atoms. The summed E-state index contributed by atoms with van der Waals surface area (Å²) >= 11 is 7.12. The first-order valence-electron chi connectivity index (χ1n) is 18.0. The van der Waals surface area contributed by atoms with Crippen LogP contribution in [-0.2, 0) is 37.7 Å². The van der Waals surface area contributed by atoms with Gasteiger partial charge in [-0.3, -0.25) is 9.59 Å². The highest BCUT2D eigenvalue weighted by Crippen LogP contribution is 2.67. The average Bonchev–Trinajstić information content (AvgIpc) is 3.40. The molecule has 0 radical (unpaired) electrons. The van der Waals surface area contributed by atoms with Crippen molar-refractivity contribution < 1.29 is 47.9 Å². The largest absolute Gasteiger partial charge is 0.450 e. The Morgan fingerprint density at radius 3 is 2.24 bits per heavy atom. The second kappa shape index (κ2) is 13.3. The number of carbonyl (C=O) groups is 2. The molecule has 1 unspecified atom stereocenters. The monoisotopic (exact) mass is 750 g/mol. The highest BCUT2D eigenvalue weighted by Gasteiger charge is 2.77. The lowest BCUT2D eigenvalue weighted by Gasteiger charge is -2.64. The Labute approximate surface area is 309 Å². The van der Waals surface area contributed by atoms with Crippen LogP contribution in [0.4, 0.5) is 0 Å². The second-order valence-electron chi connectivity index (χ2n) is 17.8. The van der Waals surface area contributed by atoms with Gasteiger partial charge in [0, 0.05) is 37.4 Å². The van der Waals surface area contributed by atoms with Gasteiger partial charge < -0.3 is 38.3 Å². The lowest BCUT2D eigenvalue weighted by Crippen LogP contribution is -2.77. The number of hydrogen-bond acceptors (Lipinski definition) is 10. The van der Waals surface area contributed by atoms with E-state index in [0.717, 1.165) is 11.1 Å². The number of halogens is 1. The van der Waals surface area contributed by atoms with Crippen LogP contribution in [0.15, 0.2) is 41.5 Å². The number of fused-ring (bicyclic) bond motifs is 3. The maximum atomic E-state index is 15.7. The van der Waals surface area contributed by atoms with Crippen molar-refractivity contribution in [2.45, 2.75) is 153 Å². The van der Waals surface area contributed by atoms with Gasteiger partial charge in [0.25, 0.3) is 0 Å². The summed E-state index contributed by atoms with van der Waals surface area (Å²) in [7, 11) is -0.958. The fourth-order valence-electron chi connectivity index (χ4n) is 8.97. The van der Waals surface area contributed by atoms with Gasteiger partial charge in [0.05, 0.1) is 35.7 Å². The molecule has 4 aliphatic rings. The summed E-state index contributed by atoms with van der Waals surface area (Å²) in [5.41, 5.74) is -3.93. The van der Waals surface area contributed by atoms with Gasteiger partial charge in [0.2, 0.25) is 0 Å². The highest BCUT2D eigenvalue weighted by molar-refractivity contribution is 6.74. The van der Waals surface area contributed by atoms with E-state index in [-0.39, 0.29) is 11.5 Å². The Morgan fingerprint density at radius 2 is 1.71 bits per heavy atom. The third-order valence-electron chi connectivity index (χ3n) is 13.1. The Bertz CT molecular complexity index is 1540. The number of Topliss-reactive ketones (excluding diaryl/α,β-unsaturated/α-hetero) is 1. The van der Waals surface area contributed by atoms with Gasteiger partial charge in [-0.25, -0.2) is 0 Å². The van der Waals surface area contributed by atoms with Gasteiger partial charge in [-0.05, 0) is 63.4 Å². The number of aliphatic hydroxyl groups is 2. The molecule has 3 aliphatic carbocycles. The van der Waals surface area contributed by atoms with Crippen LogP contribution in [-0.4, -0.2) is 90.8 Å². The van der Waals surface area contributed by atoms with E-state index >= 15 is 4.79 Å². The number of aliphatic hydroxyl groups excluding tert-OH is 1. The van der Waals surface area contributed by atoms with Crippen LogP contribution in [0.25, 0.3) is 0 Å². The molecule has 1 heterocycles. The fourth-order valence-corrected chi connectivity index (χ4v) is 10.7. The molecule has 2 bridgehead atoms. The zero-order valence-electron chi connectivity index (χ0n) is 32.6. The summed E-state index contributed by atoms with van der Waals surface area (Å²) in [6, 6.07) is 9.51. The van der Waals surface area contributed by atoms with Crippen LogP contribution >= 0.6 is 11.6 Å².